The number of rotatable bonds is 38. The minimum atomic E-state index is -4.59. The van der Waals surface area contributed by atoms with E-state index in [1.807, 2.05) is 48.3 Å². The number of carboxylic acid groups (broad SMARTS) is 1. The SMILES string of the molecule is COCCOCCOCCOCCN(CCOCCOCCOCCOC)c1ccc(/C(=C\C/C=C/C=C2/N(CCCS(=O)(=O)O)c3ccc(S(=O)(=O)O)cc3C2(C)CCCC(=O)O)C(C)(C)C)c(O)c1. The van der Waals surface area contributed by atoms with E-state index in [4.69, 9.17) is 37.9 Å². The highest BCUT2D eigenvalue weighted by molar-refractivity contribution is 7.86. The van der Waals surface area contributed by atoms with Crippen molar-refractivity contribution in [3.63, 3.8) is 0 Å². The fraction of sp³-hybridized carbons (Fsp3) is 0.620. The van der Waals surface area contributed by atoms with Gasteiger partial charge in [0.2, 0.25) is 0 Å². The molecule has 4 N–H and O–H groups in total. The van der Waals surface area contributed by atoms with Gasteiger partial charge in [-0.3, -0.25) is 13.9 Å². The molecule has 2 aromatic carbocycles. The van der Waals surface area contributed by atoms with E-state index in [1.165, 1.54) is 18.2 Å². The fourth-order valence-corrected chi connectivity index (χ4v) is 8.97. The minimum absolute atomic E-state index is 0.0366. The normalized spacial score (nSPS) is 16.1. The number of ether oxygens (including phenoxy) is 8. The highest BCUT2D eigenvalue weighted by atomic mass is 32.2. The summed E-state index contributed by atoms with van der Waals surface area (Å²) in [6.45, 7) is 15.5. The first-order valence-corrected chi connectivity index (χ1v) is 26.9. The summed E-state index contributed by atoms with van der Waals surface area (Å²) in [6.07, 6.45) is 8.47. The predicted octanol–water partition coefficient (Wildman–Crippen LogP) is 6.41. The smallest absolute Gasteiger partial charge is 0.303 e. The molecule has 3 rings (SSSR count). The molecule has 0 amide bonds. The van der Waals surface area contributed by atoms with Gasteiger partial charge in [0, 0.05) is 74.4 Å². The number of aromatic hydroxyl groups is 1. The van der Waals surface area contributed by atoms with E-state index in [-0.39, 0.29) is 36.5 Å². The Balaban J connectivity index is 1.83. The zero-order valence-electron chi connectivity index (χ0n) is 42.3. The predicted molar refractivity (Wildman–Crippen MR) is 272 cm³/mol. The van der Waals surface area contributed by atoms with Crippen molar-refractivity contribution in [3.05, 3.63) is 77.5 Å². The lowest BCUT2D eigenvalue weighted by Crippen LogP contribution is -2.31. The summed E-state index contributed by atoms with van der Waals surface area (Å²) in [4.78, 5) is 15.2. The molecule has 1 unspecified atom stereocenters. The number of allylic oxidation sites excluding steroid dienone is 6. The molecule has 0 radical (unpaired) electrons. The van der Waals surface area contributed by atoms with Crippen LogP contribution in [-0.2, 0) is 68.3 Å². The van der Waals surface area contributed by atoms with Crippen LogP contribution in [0.3, 0.4) is 0 Å². The summed E-state index contributed by atoms with van der Waals surface area (Å²) in [6, 6.07) is 9.76. The molecule has 0 bridgehead atoms. The molecule has 0 aliphatic carbocycles. The molecule has 0 fully saturated rings. The van der Waals surface area contributed by atoms with E-state index in [2.05, 4.69) is 25.7 Å². The second-order valence-corrected chi connectivity index (χ2v) is 21.0. The molecule has 71 heavy (non-hydrogen) atoms. The first-order chi connectivity index (χ1) is 33.7. The third-order valence-electron chi connectivity index (χ3n) is 11.5. The van der Waals surface area contributed by atoms with Crippen molar-refractivity contribution < 1.29 is 78.8 Å². The van der Waals surface area contributed by atoms with E-state index < -0.39 is 42.8 Å². The zero-order chi connectivity index (χ0) is 52.3. The molecule has 21 heteroatoms. The molecule has 0 saturated heterocycles. The van der Waals surface area contributed by atoms with Crippen LogP contribution in [0, 0.1) is 5.41 Å². The van der Waals surface area contributed by atoms with Gasteiger partial charge in [0.1, 0.15) is 5.75 Å². The van der Waals surface area contributed by atoms with Crippen molar-refractivity contribution in [2.24, 2.45) is 5.41 Å². The topological polar surface area (TPSA) is 247 Å². The number of phenolic OH excluding ortho intramolecular Hbond substituents is 1. The van der Waals surface area contributed by atoms with Crippen molar-refractivity contribution in [1.29, 1.82) is 0 Å². The van der Waals surface area contributed by atoms with Gasteiger partial charge in [-0.2, -0.15) is 16.8 Å². The van der Waals surface area contributed by atoms with E-state index >= 15 is 0 Å². The molecule has 0 aromatic heterocycles. The highest BCUT2D eigenvalue weighted by Crippen LogP contribution is 2.51. The molecule has 0 spiro atoms. The molecule has 19 nitrogen and oxygen atoms in total. The summed E-state index contributed by atoms with van der Waals surface area (Å²) in [5.74, 6) is -1.41. The number of fused-ring (bicyclic) bond motifs is 1. The van der Waals surface area contributed by atoms with Gasteiger partial charge >= 0.3 is 5.97 Å². The maximum Gasteiger partial charge on any atom is 0.303 e. The van der Waals surface area contributed by atoms with Crippen molar-refractivity contribution in [2.45, 2.75) is 70.1 Å². The van der Waals surface area contributed by atoms with Crippen LogP contribution in [0.1, 0.15) is 70.9 Å². The van der Waals surface area contributed by atoms with Crippen LogP contribution in [-0.4, -0.2) is 174 Å². The lowest BCUT2D eigenvalue weighted by atomic mass is 9.77. The summed E-state index contributed by atoms with van der Waals surface area (Å²) >= 11 is 0. The van der Waals surface area contributed by atoms with Crippen LogP contribution in [0.5, 0.6) is 5.75 Å². The Morgan fingerprint density at radius 3 is 1.76 bits per heavy atom. The third kappa shape index (κ3) is 22.4. The monoisotopic (exact) mass is 1040 g/mol. The summed E-state index contributed by atoms with van der Waals surface area (Å²) < 4.78 is 111. The molecule has 2 aromatic rings. The van der Waals surface area contributed by atoms with Crippen LogP contribution in [0.4, 0.5) is 11.4 Å². The van der Waals surface area contributed by atoms with Crippen LogP contribution in [0.25, 0.3) is 5.57 Å². The molecule has 1 aliphatic heterocycles. The van der Waals surface area contributed by atoms with Crippen molar-refractivity contribution in [3.8, 4) is 5.75 Å². The molecule has 1 heterocycles. The Morgan fingerprint density at radius 1 is 0.746 bits per heavy atom. The van der Waals surface area contributed by atoms with Gasteiger partial charge in [-0.25, -0.2) is 0 Å². The number of hydrogen-bond donors (Lipinski definition) is 4. The van der Waals surface area contributed by atoms with E-state index in [0.29, 0.717) is 141 Å². The summed E-state index contributed by atoms with van der Waals surface area (Å²) in [5.41, 5.74) is 2.74. The van der Waals surface area contributed by atoms with E-state index in [0.717, 1.165) is 11.3 Å². The third-order valence-corrected chi connectivity index (χ3v) is 13.2. The molecule has 0 saturated carbocycles. The number of nitrogens with zero attached hydrogens (tertiary/aromatic N) is 2. The zero-order valence-corrected chi connectivity index (χ0v) is 44.0. The molecular weight excluding hydrogens is 965 g/mol. The van der Waals surface area contributed by atoms with Gasteiger partial charge in [0.25, 0.3) is 20.2 Å². The maximum atomic E-state index is 12.2. The lowest BCUT2D eigenvalue weighted by molar-refractivity contribution is -0.137. The number of methoxy groups -OCH3 is 2. The van der Waals surface area contributed by atoms with Crippen molar-refractivity contribution >= 4 is 43.2 Å². The molecular formula is C50H78N2O17S2. The molecule has 1 aliphatic rings. The average Bonchev–Trinajstić information content (AvgIpc) is 3.52. The first kappa shape index (κ1) is 61.3. The quantitative estimate of drug-likeness (QED) is 0.0419. The second-order valence-electron chi connectivity index (χ2n) is 18.0. The van der Waals surface area contributed by atoms with Crippen LogP contribution in [0.2, 0.25) is 0 Å². The number of anilines is 2. The summed E-state index contributed by atoms with van der Waals surface area (Å²) in [7, 11) is -5.63. The highest BCUT2D eigenvalue weighted by Gasteiger charge is 2.43. The lowest BCUT2D eigenvalue weighted by Gasteiger charge is -2.30. The Labute approximate surface area is 421 Å². The summed E-state index contributed by atoms with van der Waals surface area (Å²) in [5, 5.41) is 21.1. The van der Waals surface area contributed by atoms with Crippen LogP contribution < -0.4 is 9.80 Å². The van der Waals surface area contributed by atoms with Gasteiger partial charge in [-0.1, -0.05) is 39.0 Å². The van der Waals surface area contributed by atoms with E-state index in [1.54, 1.807) is 20.3 Å². The van der Waals surface area contributed by atoms with Gasteiger partial charge in [-0.15, -0.1) is 0 Å². The number of aliphatic carboxylic acids is 1. The number of phenols is 1. The van der Waals surface area contributed by atoms with Gasteiger partial charge in [0.05, 0.1) is 103 Å². The van der Waals surface area contributed by atoms with Crippen LogP contribution >= 0.6 is 0 Å². The van der Waals surface area contributed by atoms with Gasteiger partial charge in [0.15, 0.2) is 0 Å². The second kappa shape index (κ2) is 31.6. The Bertz CT molecular complexity index is 2200. The van der Waals surface area contributed by atoms with E-state index in [9.17, 15) is 40.9 Å². The fourth-order valence-electron chi connectivity index (χ4n) is 7.97. The van der Waals surface area contributed by atoms with Gasteiger partial charge in [-0.05, 0) is 85.6 Å². The van der Waals surface area contributed by atoms with Crippen molar-refractivity contribution in [2.75, 3.05) is 142 Å². The number of carbonyl (C=O) groups is 1. The largest absolute Gasteiger partial charge is 0.507 e. The standard InChI is InChI=1S/C50H78N2O17S2/c1-49(2,3)43(12-8-7-9-13-47-50(4,19-10-14-48(54)55)44-39-41(71(59,60)61)16-18-45(44)52(47)20-11-37-70(56,57)58)42-17-15-40(38-46(42)53)51(21-23-64-29-31-68-35-33-66-27-25-62-5)22-24-65-30-32-69-36-34-67-28-26-63-6/h7,9,12-13,15-18,38-39,53H,8,10-11,14,19-37H2,1-6H3,(H,54,55)(H,56,57,58)(H,59,60,61)/b9-7+,43-12+,47-13+. The maximum absolute atomic E-state index is 12.2. The molecule has 402 valence electrons. The Kier molecular flexibility index (Phi) is 27.3. The first-order valence-electron chi connectivity index (χ1n) is 23.9. The average molecular weight is 1040 g/mol. The molecule has 1 atom stereocenters. The Morgan fingerprint density at radius 2 is 1.28 bits per heavy atom. The Hall–Kier alpha value is -3.97. The number of hydrogen-bond acceptors (Lipinski definition) is 16. The van der Waals surface area contributed by atoms with Crippen molar-refractivity contribution in [1.82, 2.24) is 0 Å². The number of benzene rings is 2. The number of carboxylic acids is 1. The van der Waals surface area contributed by atoms with Crippen LogP contribution in [0.15, 0.2) is 71.3 Å². The minimum Gasteiger partial charge on any atom is -0.507 e. The van der Waals surface area contributed by atoms with Gasteiger partial charge < -0.3 is 57.9 Å².